The predicted molar refractivity (Wildman–Crippen MR) is 87.6 cm³/mol. The minimum absolute atomic E-state index is 0.0131. The summed E-state index contributed by atoms with van der Waals surface area (Å²) in [5.41, 5.74) is -1.72. The first-order valence-corrected chi connectivity index (χ1v) is 7.26. The maximum absolute atomic E-state index is 12.7. The summed E-state index contributed by atoms with van der Waals surface area (Å²) in [6, 6.07) is 2.08. The molecule has 0 amide bonds. The molecule has 130 valence electrons. The summed E-state index contributed by atoms with van der Waals surface area (Å²) in [5.74, 6) is -3.93. The smallest absolute Gasteiger partial charge is 0.352 e. The lowest BCUT2D eigenvalue weighted by Gasteiger charge is -2.09. The highest BCUT2D eigenvalue weighted by atomic mass is 16.4. The molecule has 4 rings (SSSR count). The fourth-order valence-corrected chi connectivity index (χ4v) is 3.27. The van der Waals surface area contributed by atoms with Gasteiger partial charge in [0.15, 0.2) is 0 Å². The number of rotatable bonds is 3. The van der Waals surface area contributed by atoms with Gasteiger partial charge >= 0.3 is 17.9 Å². The molecule has 26 heavy (non-hydrogen) atoms. The van der Waals surface area contributed by atoms with E-state index >= 15 is 0 Å². The van der Waals surface area contributed by atoms with E-state index in [1.165, 1.54) is 11.3 Å². The highest BCUT2D eigenvalue weighted by Crippen LogP contribution is 2.32. The lowest BCUT2D eigenvalue weighted by atomic mass is 10.0. The fourth-order valence-electron chi connectivity index (χ4n) is 3.27. The lowest BCUT2D eigenvalue weighted by molar-refractivity contribution is 0.0677. The number of aryl methyl sites for hydroxylation is 1. The van der Waals surface area contributed by atoms with Crippen LogP contribution in [0.3, 0.4) is 0 Å². The van der Waals surface area contributed by atoms with Gasteiger partial charge < -0.3 is 20.3 Å². The van der Waals surface area contributed by atoms with Crippen molar-refractivity contribution >= 4 is 45.2 Å². The maximum atomic E-state index is 12.7. The van der Waals surface area contributed by atoms with E-state index in [1.54, 1.807) is 0 Å². The topological polar surface area (TPSA) is 162 Å². The SMILES string of the molecule is Cc1nc2c(=O)c3cc(C(=O)O)[nH]c3c3c(C(=O)O)cc(C(=O)O)n1c23. The number of carbonyl (C=O) groups is 3. The monoisotopic (exact) mass is 355 g/mol. The molecule has 0 atom stereocenters. The molecule has 0 saturated carbocycles. The first kappa shape index (κ1) is 15.6. The van der Waals surface area contributed by atoms with Gasteiger partial charge in [-0.25, -0.2) is 19.4 Å². The van der Waals surface area contributed by atoms with Crippen LogP contribution < -0.4 is 5.43 Å². The molecular weight excluding hydrogens is 346 g/mol. The Morgan fingerprint density at radius 3 is 2.35 bits per heavy atom. The molecule has 0 spiro atoms. The molecule has 0 unspecified atom stereocenters. The molecule has 1 aromatic carbocycles. The van der Waals surface area contributed by atoms with Crippen LogP contribution in [0, 0.1) is 6.92 Å². The third-order valence-electron chi connectivity index (χ3n) is 4.28. The van der Waals surface area contributed by atoms with Crippen molar-refractivity contribution in [3.63, 3.8) is 0 Å². The van der Waals surface area contributed by atoms with Crippen molar-refractivity contribution in [3.05, 3.63) is 45.1 Å². The predicted octanol–water partition coefficient (Wildman–Crippen LogP) is 1.17. The summed E-state index contributed by atoms with van der Waals surface area (Å²) in [5, 5.41) is 28.1. The molecule has 0 radical (unpaired) electrons. The van der Waals surface area contributed by atoms with Gasteiger partial charge in [-0.1, -0.05) is 0 Å². The summed E-state index contributed by atoms with van der Waals surface area (Å²) in [4.78, 5) is 53.9. The number of aromatic nitrogens is 3. The molecule has 0 bridgehead atoms. The number of hydrogen-bond acceptors (Lipinski definition) is 5. The number of carboxylic acids is 3. The van der Waals surface area contributed by atoms with E-state index in [0.29, 0.717) is 0 Å². The van der Waals surface area contributed by atoms with Crippen molar-refractivity contribution in [2.45, 2.75) is 6.92 Å². The standard InChI is InChI=1S/C16H9N3O7/c1-4-17-11-12-9(5(14(21)22)3-8(16(25)26)19(4)12)10-6(13(11)20)2-7(18-10)15(23)24/h2-3,18H,1H3,(H,21,22)(H,23,24)(H,25,26). The van der Waals surface area contributed by atoms with E-state index in [0.717, 1.165) is 12.1 Å². The van der Waals surface area contributed by atoms with Crippen LogP contribution in [-0.2, 0) is 0 Å². The first-order valence-electron chi connectivity index (χ1n) is 7.26. The highest BCUT2D eigenvalue weighted by molar-refractivity contribution is 6.20. The second-order valence-electron chi connectivity index (χ2n) is 5.73. The van der Waals surface area contributed by atoms with Gasteiger partial charge in [0.25, 0.3) is 0 Å². The molecule has 10 nitrogen and oxygen atoms in total. The maximum Gasteiger partial charge on any atom is 0.352 e. The van der Waals surface area contributed by atoms with Crippen LogP contribution in [0.4, 0.5) is 0 Å². The summed E-state index contributed by atoms with van der Waals surface area (Å²) in [6.45, 7) is 1.49. The normalized spacial score (nSPS) is 11.6. The van der Waals surface area contributed by atoms with E-state index in [4.69, 9.17) is 5.11 Å². The van der Waals surface area contributed by atoms with E-state index in [-0.39, 0.29) is 50.1 Å². The average Bonchev–Trinajstić information content (AvgIpc) is 3.15. The summed E-state index contributed by atoms with van der Waals surface area (Å²) in [7, 11) is 0. The molecule has 0 saturated heterocycles. The Balaban J connectivity index is 2.42. The lowest BCUT2D eigenvalue weighted by Crippen LogP contribution is -2.12. The fraction of sp³-hybridized carbons (Fsp3) is 0.0625. The van der Waals surface area contributed by atoms with Gasteiger partial charge in [0.05, 0.1) is 22.0 Å². The molecule has 4 aromatic rings. The van der Waals surface area contributed by atoms with Crippen LogP contribution in [-0.4, -0.2) is 47.6 Å². The Morgan fingerprint density at radius 1 is 1.08 bits per heavy atom. The Bertz CT molecular complexity index is 1350. The van der Waals surface area contributed by atoms with Crippen molar-refractivity contribution < 1.29 is 29.7 Å². The van der Waals surface area contributed by atoms with E-state index < -0.39 is 23.3 Å². The van der Waals surface area contributed by atoms with Gasteiger partial charge in [-0.05, 0) is 19.1 Å². The number of aromatic amines is 1. The van der Waals surface area contributed by atoms with Crippen LogP contribution in [0.5, 0.6) is 0 Å². The summed E-state index contributed by atoms with van der Waals surface area (Å²) >= 11 is 0. The van der Waals surface area contributed by atoms with Gasteiger partial charge in [0.1, 0.15) is 22.7 Å². The highest BCUT2D eigenvalue weighted by Gasteiger charge is 2.27. The second kappa shape index (κ2) is 4.79. The molecule has 0 aliphatic rings. The number of pyridine rings is 1. The number of imidazole rings is 1. The zero-order valence-electron chi connectivity index (χ0n) is 13.0. The number of fused-ring (bicyclic) bond motifs is 2. The van der Waals surface area contributed by atoms with Gasteiger partial charge in [0, 0.05) is 5.39 Å². The number of H-pyrrole nitrogens is 1. The number of carboxylic acid groups (broad SMARTS) is 3. The van der Waals surface area contributed by atoms with Crippen LogP contribution in [0.25, 0.3) is 27.3 Å². The molecule has 0 fully saturated rings. The molecular formula is C16H9N3O7. The molecule has 0 aliphatic carbocycles. The third kappa shape index (κ3) is 1.77. The van der Waals surface area contributed by atoms with Crippen LogP contribution in [0.2, 0.25) is 0 Å². The average molecular weight is 355 g/mol. The molecule has 10 heteroatoms. The number of aromatic carboxylic acids is 3. The summed E-state index contributed by atoms with van der Waals surface area (Å²) < 4.78 is 1.18. The minimum atomic E-state index is -1.42. The number of benzene rings is 1. The van der Waals surface area contributed by atoms with Crippen molar-refractivity contribution in [2.24, 2.45) is 0 Å². The molecule has 3 aromatic heterocycles. The molecule has 3 heterocycles. The van der Waals surface area contributed by atoms with Crippen LogP contribution >= 0.6 is 0 Å². The van der Waals surface area contributed by atoms with Gasteiger partial charge in [-0.15, -0.1) is 0 Å². The Labute approximate surface area is 142 Å². The zero-order valence-corrected chi connectivity index (χ0v) is 13.0. The quantitative estimate of drug-likeness (QED) is 0.425. The zero-order chi connectivity index (χ0) is 18.9. The van der Waals surface area contributed by atoms with E-state index in [2.05, 4.69) is 9.97 Å². The van der Waals surface area contributed by atoms with Crippen LogP contribution in [0.1, 0.15) is 37.2 Å². The van der Waals surface area contributed by atoms with Gasteiger partial charge in [-0.3, -0.25) is 9.20 Å². The van der Waals surface area contributed by atoms with Crippen molar-refractivity contribution in [3.8, 4) is 0 Å². The van der Waals surface area contributed by atoms with E-state index in [9.17, 15) is 29.4 Å². The molecule has 4 N–H and O–H groups in total. The van der Waals surface area contributed by atoms with Crippen molar-refractivity contribution in [2.75, 3.05) is 0 Å². The molecule has 0 aliphatic heterocycles. The van der Waals surface area contributed by atoms with Crippen molar-refractivity contribution in [1.29, 1.82) is 0 Å². The van der Waals surface area contributed by atoms with Gasteiger partial charge in [-0.2, -0.15) is 0 Å². The largest absolute Gasteiger partial charge is 0.478 e. The van der Waals surface area contributed by atoms with Crippen LogP contribution in [0.15, 0.2) is 16.9 Å². The number of nitrogens with zero attached hydrogens (tertiary/aromatic N) is 2. The minimum Gasteiger partial charge on any atom is -0.478 e. The van der Waals surface area contributed by atoms with E-state index in [1.807, 2.05) is 0 Å². The summed E-state index contributed by atoms with van der Waals surface area (Å²) in [6.07, 6.45) is 0. The van der Waals surface area contributed by atoms with Gasteiger partial charge in [0.2, 0.25) is 5.43 Å². The Morgan fingerprint density at radius 2 is 1.77 bits per heavy atom. The third-order valence-corrected chi connectivity index (χ3v) is 4.28. The number of hydrogen-bond donors (Lipinski definition) is 4. The Hall–Kier alpha value is -3.95. The Kier molecular flexibility index (Phi) is 2.87. The number of nitrogens with one attached hydrogen (secondary N) is 1. The first-order chi connectivity index (χ1) is 12.2. The van der Waals surface area contributed by atoms with Crippen molar-refractivity contribution in [1.82, 2.24) is 14.4 Å². The second-order valence-corrected chi connectivity index (χ2v) is 5.73.